The number of unbranched alkanes of at least 4 members (excludes halogenated alkanes) is 1. The van der Waals surface area contributed by atoms with Crippen molar-refractivity contribution in [2.75, 3.05) is 13.2 Å². The zero-order chi connectivity index (χ0) is 13.2. The summed E-state index contributed by atoms with van der Waals surface area (Å²) < 4.78 is 5.15. The molecule has 0 aliphatic carbocycles. The summed E-state index contributed by atoms with van der Waals surface area (Å²) in [5, 5.41) is 2.88. The second-order valence-electron chi connectivity index (χ2n) is 4.01. The molecule has 100 valence electrons. The minimum Gasteiger partial charge on any atom is -0.464 e. The zero-order valence-electron chi connectivity index (χ0n) is 11.1. The van der Waals surface area contributed by atoms with Crippen LogP contribution in [0.2, 0.25) is 0 Å². The SMILES string of the molecule is CCCCNC(=O)CCc1cnc(OCC)nc1. The monoisotopic (exact) mass is 251 g/mol. The summed E-state index contributed by atoms with van der Waals surface area (Å²) in [5.74, 6) is 0.0809. The van der Waals surface area contributed by atoms with E-state index in [2.05, 4.69) is 22.2 Å². The summed E-state index contributed by atoms with van der Waals surface area (Å²) in [6, 6.07) is 0.383. The third-order valence-corrected chi connectivity index (χ3v) is 2.45. The molecule has 1 aromatic rings. The third kappa shape index (κ3) is 5.61. The summed E-state index contributed by atoms with van der Waals surface area (Å²) in [7, 11) is 0. The van der Waals surface area contributed by atoms with Gasteiger partial charge in [0.15, 0.2) is 0 Å². The molecule has 0 saturated heterocycles. The van der Waals surface area contributed by atoms with Crippen LogP contribution in [0.5, 0.6) is 6.01 Å². The minimum atomic E-state index is 0.0809. The van der Waals surface area contributed by atoms with Crippen LogP contribution in [-0.4, -0.2) is 29.0 Å². The Kier molecular flexibility index (Phi) is 6.76. The predicted molar refractivity (Wildman–Crippen MR) is 69.4 cm³/mol. The van der Waals surface area contributed by atoms with Crippen molar-refractivity contribution in [3.05, 3.63) is 18.0 Å². The van der Waals surface area contributed by atoms with Crippen molar-refractivity contribution in [1.29, 1.82) is 0 Å². The van der Waals surface area contributed by atoms with Gasteiger partial charge in [0.05, 0.1) is 6.61 Å². The number of carbonyl (C=O) groups is 1. The number of rotatable bonds is 8. The molecule has 0 aliphatic rings. The number of hydrogen-bond donors (Lipinski definition) is 1. The third-order valence-electron chi connectivity index (χ3n) is 2.45. The van der Waals surface area contributed by atoms with Gasteiger partial charge in [0.2, 0.25) is 5.91 Å². The van der Waals surface area contributed by atoms with E-state index in [-0.39, 0.29) is 5.91 Å². The van der Waals surface area contributed by atoms with Gasteiger partial charge in [-0.3, -0.25) is 4.79 Å². The van der Waals surface area contributed by atoms with Crippen molar-refractivity contribution >= 4 is 5.91 Å². The number of ether oxygens (including phenoxy) is 1. The molecule has 0 radical (unpaired) electrons. The summed E-state index contributed by atoms with van der Waals surface area (Å²) in [5.41, 5.74) is 0.948. The summed E-state index contributed by atoms with van der Waals surface area (Å²) >= 11 is 0. The Labute approximate surface area is 108 Å². The van der Waals surface area contributed by atoms with Crippen molar-refractivity contribution < 1.29 is 9.53 Å². The van der Waals surface area contributed by atoms with Crippen LogP contribution in [-0.2, 0) is 11.2 Å². The fraction of sp³-hybridized carbons (Fsp3) is 0.615. The Bertz CT molecular complexity index is 352. The molecular weight excluding hydrogens is 230 g/mol. The van der Waals surface area contributed by atoms with Crippen molar-refractivity contribution in [3.63, 3.8) is 0 Å². The molecule has 0 aromatic carbocycles. The van der Waals surface area contributed by atoms with Gasteiger partial charge >= 0.3 is 6.01 Å². The molecule has 0 spiro atoms. The highest BCUT2D eigenvalue weighted by atomic mass is 16.5. The fourth-order valence-corrected chi connectivity index (χ4v) is 1.43. The van der Waals surface area contributed by atoms with Gasteiger partial charge in [0.25, 0.3) is 0 Å². The molecule has 5 heteroatoms. The lowest BCUT2D eigenvalue weighted by atomic mass is 10.2. The lowest BCUT2D eigenvalue weighted by molar-refractivity contribution is -0.121. The molecule has 0 unspecified atom stereocenters. The molecular formula is C13H21N3O2. The van der Waals surface area contributed by atoms with Crippen LogP contribution in [0.3, 0.4) is 0 Å². The molecule has 0 aliphatic heterocycles. The van der Waals surface area contributed by atoms with E-state index in [1.807, 2.05) is 6.92 Å². The predicted octanol–water partition coefficient (Wildman–Crippen LogP) is 1.72. The Hall–Kier alpha value is -1.65. The number of carbonyl (C=O) groups excluding carboxylic acids is 1. The lowest BCUT2D eigenvalue weighted by Crippen LogP contribution is -2.24. The van der Waals surface area contributed by atoms with Crippen LogP contribution < -0.4 is 10.1 Å². The van der Waals surface area contributed by atoms with Gasteiger partial charge in [0.1, 0.15) is 0 Å². The second-order valence-corrected chi connectivity index (χ2v) is 4.01. The smallest absolute Gasteiger partial charge is 0.316 e. The maximum atomic E-state index is 11.5. The van der Waals surface area contributed by atoms with E-state index in [4.69, 9.17) is 4.74 Å². The first-order valence-corrected chi connectivity index (χ1v) is 6.46. The summed E-state index contributed by atoms with van der Waals surface area (Å²) in [6.07, 6.45) is 6.66. The summed E-state index contributed by atoms with van der Waals surface area (Å²) in [6.45, 7) is 5.30. The summed E-state index contributed by atoms with van der Waals surface area (Å²) in [4.78, 5) is 19.6. The molecule has 1 heterocycles. The topological polar surface area (TPSA) is 64.1 Å². The largest absolute Gasteiger partial charge is 0.464 e. The molecule has 0 bridgehead atoms. The minimum absolute atomic E-state index is 0.0809. The Morgan fingerprint density at radius 2 is 2.06 bits per heavy atom. The standard InChI is InChI=1S/C13H21N3O2/c1-3-5-8-14-12(17)7-6-11-9-15-13(16-10-11)18-4-2/h9-10H,3-8H2,1-2H3,(H,14,17). The van der Waals surface area contributed by atoms with Crippen molar-refractivity contribution in [3.8, 4) is 6.01 Å². The van der Waals surface area contributed by atoms with Crippen LogP contribution in [0.1, 0.15) is 38.7 Å². The Morgan fingerprint density at radius 1 is 1.33 bits per heavy atom. The quantitative estimate of drug-likeness (QED) is 0.715. The van der Waals surface area contributed by atoms with Crippen molar-refractivity contribution in [2.45, 2.75) is 39.5 Å². The van der Waals surface area contributed by atoms with Crippen LogP contribution in [0, 0.1) is 0 Å². The lowest BCUT2D eigenvalue weighted by Gasteiger charge is -2.04. The Morgan fingerprint density at radius 3 is 2.67 bits per heavy atom. The number of aromatic nitrogens is 2. The first-order chi connectivity index (χ1) is 8.76. The van der Waals surface area contributed by atoms with Gasteiger partial charge in [-0.15, -0.1) is 0 Å². The van der Waals surface area contributed by atoms with Crippen LogP contribution in [0.4, 0.5) is 0 Å². The van der Waals surface area contributed by atoms with Crippen LogP contribution in [0.15, 0.2) is 12.4 Å². The van der Waals surface area contributed by atoms with E-state index in [0.717, 1.165) is 24.9 Å². The van der Waals surface area contributed by atoms with Gasteiger partial charge < -0.3 is 10.1 Å². The number of nitrogens with one attached hydrogen (secondary N) is 1. The normalized spacial score (nSPS) is 10.1. The molecule has 0 saturated carbocycles. The Balaban J connectivity index is 2.27. The van der Waals surface area contributed by atoms with E-state index >= 15 is 0 Å². The molecule has 1 amide bonds. The maximum absolute atomic E-state index is 11.5. The maximum Gasteiger partial charge on any atom is 0.316 e. The van der Waals surface area contributed by atoms with Crippen LogP contribution >= 0.6 is 0 Å². The molecule has 1 N–H and O–H groups in total. The number of nitrogens with zero attached hydrogens (tertiary/aromatic N) is 2. The average molecular weight is 251 g/mol. The first kappa shape index (κ1) is 14.4. The van der Waals surface area contributed by atoms with E-state index in [1.54, 1.807) is 12.4 Å². The molecule has 0 atom stereocenters. The average Bonchev–Trinajstić information content (AvgIpc) is 2.39. The van der Waals surface area contributed by atoms with Gasteiger partial charge in [-0.2, -0.15) is 0 Å². The highest BCUT2D eigenvalue weighted by Crippen LogP contribution is 2.04. The van der Waals surface area contributed by atoms with Gasteiger partial charge in [-0.25, -0.2) is 9.97 Å². The van der Waals surface area contributed by atoms with Gasteiger partial charge in [-0.05, 0) is 25.3 Å². The molecule has 18 heavy (non-hydrogen) atoms. The van der Waals surface area contributed by atoms with E-state index in [1.165, 1.54) is 0 Å². The molecule has 5 nitrogen and oxygen atoms in total. The zero-order valence-corrected chi connectivity index (χ0v) is 11.1. The van der Waals surface area contributed by atoms with Crippen molar-refractivity contribution in [2.24, 2.45) is 0 Å². The van der Waals surface area contributed by atoms with Crippen molar-refractivity contribution in [1.82, 2.24) is 15.3 Å². The second kappa shape index (κ2) is 8.44. The van der Waals surface area contributed by atoms with Gasteiger partial charge in [-0.1, -0.05) is 13.3 Å². The fourth-order valence-electron chi connectivity index (χ4n) is 1.43. The number of amides is 1. The van der Waals surface area contributed by atoms with Gasteiger partial charge in [0, 0.05) is 25.4 Å². The number of hydrogen-bond acceptors (Lipinski definition) is 4. The molecule has 1 rings (SSSR count). The highest BCUT2D eigenvalue weighted by molar-refractivity contribution is 5.76. The number of aryl methyl sites for hydroxylation is 1. The highest BCUT2D eigenvalue weighted by Gasteiger charge is 2.03. The van der Waals surface area contributed by atoms with Crippen LogP contribution in [0.25, 0.3) is 0 Å². The van der Waals surface area contributed by atoms with E-state index < -0.39 is 0 Å². The molecule has 1 aromatic heterocycles. The van der Waals surface area contributed by atoms with E-state index in [9.17, 15) is 4.79 Å². The van der Waals surface area contributed by atoms with E-state index in [0.29, 0.717) is 25.5 Å². The first-order valence-electron chi connectivity index (χ1n) is 6.46. The molecule has 0 fully saturated rings.